The summed E-state index contributed by atoms with van der Waals surface area (Å²) >= 11 is 0. The van der Waals surface area contributed by atoms with Crippen LogP contribution in [0.25, 0.3) is 0 Å². The topological polar surface area (TPSA) is 63.2 Å². The monoisotopic (exact) mass is 297 g/mol. The van der Waals surface area contributed by atoms with Gasteiger partial charge in [0.15, 0.2) is 0 Å². The van der Waals surface area contributed by atoms with Crippen LogP contribution in [0.15, 0.2) is 48.8 Å². The summed E-state index contributed by atoms with van der Waals surface area (Å²) in [6.45, 7) is 1.69. The molecule has 5 nitrogen and oxygen atoms in total. The lowest BCUT2D eigenvalue weighted by Gasteiger charge is -2.24. The molecular formula is C17H19N3O2. The van der Waals surface area contributed by atoms with E-state index in [9.17, 15) is 4.79 Å². The highest BCUT2D eigenvalue weighted by atomic mass is 16.5. The van der Waals surface area contributed by atoms with Gasteiger partial charge in [0.05, 0.1) is 11.6 Å². The molecule has 2 heterocycles. The number of para-hydroxylation sites is 1. The summed E-state index contributed by atoms with van der Waals surface area (Å²) in [5.41, 5.74) is 2.05. The van der Waals surface area contributed by atoms with Crippen molar-refractivity contribution < 1.29 is 9.53 Å². The zero-order valence-electron chi connectivity index (χ0n) is 12.3. The number of carbonyl (C=O) groups excluding carboxylic acids is 1. The van der Waals surface area contributed by atoms with E-state index in [0.717, 1.165) is 23.4 Å². The van der Waals surface area contributed by atoms with Gasteiger partial charge in [-0.1, -0.05) is 18.2 Å². The summed E-state index contributed by atoms with van der Waals surface area (Å²) < 4.78 is 5.65. The van der Waals surface area contributed by atoms with E-state index in [0.29, 0.717) is 19.7 Å². The summed E-state index contributed by atoms with van der Waals surface area (Å²) in [4.78, 5) is 16.2. The van der Waals surface area contributed by atoms with Crippen LogP contribution in [0.3, 0.4) is 0 Å². The first-order valence-corrected chi connectivity index (χ1v) is 7.45. The normalized spacial score (nSPS) is 16.3. The number of carbonyl (C=O) groups is 1. The zero-order chi connectivity index (χ0) is 15.2. The van der Waals surface area contributed by atoms with Gasteiger partial charge in [-0.2, -0.15) is 0 Å². The zero-order valence-corrected chi connectivity index (χ0v) is 12.3. The average molecular weight is 297 g/mol. The molecule has 0 fully saturated rings. The molecule has 3 rings (SSSR count). The van der Waals surface area contributed by atoms with Crippen LogP contribution < -0.4 is 15.4 Å². The number of benzene rings is 1. The summed E-state index contributed by atoms with van der Waals surface area (Å²) in [5.74, 6) is 0.820. The Morgan fingerprint density at radius 1 is 1.23 bits per heavy atom. The quantitative estimate of drug-likeness (QED) is 0.827. The minimum absolute atomic E-state index is 0.0440. The number of ether oxygens (including phenoxy) is 1. The number of anilines is 1. The Bertz CT molecular complexity index is 631. The van der Waals surface area contributed by atoms with E-state index in [2.05, 4.69) is 15.6 Å². The van der Waals surface area contributed by atoms with Gasteiger partial charge in [-0.15, -0.1) is 0 Å². The lowest BCUT2D eigenvalue weighted by Crippen LogP contribution is -2.39. The minimum Gasteiger partial charge on any atom is -0.492 e. The first kappa shape index (κ1) is 14.4. The summed E-state index contributed by atoms with van der Waals surface area (Å²) in [5, 5.41) is 6.16. The summed E-state index contributed by atoms with van der Waals surface area (Å²) in [7, 11) is 0. The highest BCUT2D eigenvalue weighted by Gasteiger charge is 2.25. The number of amides is 1. The summed E-state index contributed by atoms with van der Waals surface area (Å²) in [6.07, 6.45) is 4.22. The van der Waals surface area contributed by atoms with Crippen LogP contribution in [0.2, 0.25) is 0 Å². The van der Waals surface area contributed by atoms with E-state index in [1.807, 2.05) is 36.4 Å². The molecule has 1 aliphatic heterocycles. The number of aromatic nitrogens is 1. The number of hydrogen-bond acceptors (Lipinski definition) is 4. The Morgan fingerprint density at radius 3 is 3.00 bits per heavy atom. The van der Waals surface area contributed by atoms with Gasteiger partial charge in [0.25, 0.3) is 0 Å². The standard InChI is InChI=1S/C17H19N3O2/c21-17(20-9-8-19-15-5-3-7-18-11-15)14-10-13-4-1-2-6-16(13)22-12-14/h1-7,11,14,19H,8-10,12H2,(H,20,21). The van der Waals surface area contributed by atoms with Crippen LogP contribution in [-0.4, -0.2) is 30.6 Å². The van der Waals surface area contributed by atoms with E-state index in [1.165, 1.54) is 0 Å². The van der Waals surface area contributed by atoms with Crippen molar-refractivity contribution in [3.8, 4) is 5.75 Å². The van der Waals surface area contributed by atoms with Crippen molar-refractivity contribution in [1.82, 2.24) is 10.3 Å². The second-order valence-electron chi connectivity index (χ2n) is 5.28. The number of hydrogen-bond donors (Lipinski definition) is 2. The van der Waals surface area contributed by atoms with Crippen molar-refractivity contribution in [3.63, 3.8) is 0 Å². The maximum Gasteiger partial charge on any atom is 0.226 e. The SMILES string of the molecule is O=C(NCCNc1cccnc1)C1COc2ccccc2C1. The van der Waals surface area contributed by atoms with Crippen molar-refractivity contribution in [3.05, 3.63) is 54.4 Å². The maximum atomic E-state index is 12.2. The van der Waals surface area contributed by atoms with E-state index in [1.54, 1.807) is 12.4 Å². The Balaban J connectivity index is 1.43. The minimum atomic E-state index is -0.117. The number of nitrogens with zero attached hydrogens (tertiary/aromatic N) is 1. The molecule has 1 aromatic carbocycles. The van der Waals surface area contributed by atoms with E-state index in [4.69, 9.17) is 4.74 Å². The van der Waals surface area contributed by atoms with Crippen molar-refractivity contribution in [2.75, 3.05) is 25.0 Å². The van der Waals surface area contributed by atoms with Crippen LogP contribution >= 0.6 is 0 Å². The van der Waals surface area contributed by atoms with Crippen LogP contribution in [0.5, 0.6) is 5.75 Å². The molecular weight excluding hydrogens is 278 g/mol. The Kier molecular flexibility index (Phi) is 4.53. The van der Waals surface area contributed by atoms with Crippen molar-refractivity contribution in [2.24, 2.45) is 5.92 Å². The largest absolute Gasteiger partial charge is 0.492 e. The molecule has 2 N–H and O–H groups in total. The lowest BCUT2D eigenvalue weighted by atomic mass is 9.96. The van der Waals surface area contributed by atoms with Crippen LogP contribution in [0.4, 0.5) is 5.69 Å². The predicted molar refractivity (Wildman–Crippen MR) is 84.9 cm³/mol. The van der Waals surface area contributed by atoms with Gasteiger partial charge < -0.3 is 15.4 Å². The van der Waals surface area contributed by atoms with Crippen LogP contribution in [0.1, 0.15) is 5.56 Å². The molecule has 1 aliphatic rings. The molecule has 0 aliphatic carbocycles. The fourth-order valence-electron chi connectivity index (χ4n) is 2.50. The molecule has 114 valence electrons. The van der Waals surface area contributed by atoms with Crippen LogP contribution in [0, 0.1) is 5.92 Å². The average Bonchev–Trinajstić information content (AvgIpc) is 2.59. The highest BCUT2D eigenvalue weighted by Crippen LogP contribution is 2.26. The molecule has 0 spiro atoms. The van der Waals surface area contributed by atoms with Gasteiger partial charge >= 0.3 is 0 Å². The molecule has 0 saturated carbocycles. The predicted octanol–water partition coefficient (Wildman–Crippen LogP) is 1.86. The molecule has 2 aromatic rings. The van der Waals surface area contributed by atoms with Crippen molar-refractivity contribution in [1.29, 1.82) is 0 Å². The molecule has 1 amide bonds. The molecule has 0 saturated heterocycles. The molecule has 1 unspecified atom stereocenters. The fourth-order valence-corrected chi connectivity index (χ4v) is 2.50. The van der Waals surface area contributed by atoms with Crippen molar-refractivity contribution >= 4 is 11.6 Å². The van der Waals surface area contributed by atoms with Crippen molar-refractivity contribution in [2.45, 2.75) is 6.42 Å². The van der Waals surface area contributed by atoms with Gasteiger partial charge in [-0.05, 0) is 30.2 Å². The number of rotatable bonds is 5. The van der Waals surface area contributed by atoms with E-state index >= 15 is 0 Å². The molecule has 22 heavy (non-hydrogen) atoms. The van der Waals surface area contributed by atoms with Gasteiger partial charge in [-0.3, -0.25) is 9.78 Å². The smallest absolute Gasteiger partial charge is 0.226 e. The third kappa shape index (κ3) is 3.55. The van der Waals surface area contributed by atoms with Gasteiger partial charge in [0.2, 0.25) is 5.91 Å². The second-order valence-corrected chi connectivity index (χ2v) is 5.28. The third-order valence-electron chi connectivity index (χ3n) is 3.66. The number of pyridine rings is 1. The Labute approximate surface area is 129 Å². The third-order valence-corrected chi connectivity index (χ3v) is 3.66. The van der Waals surface area contributed by atoms with E-state index in [-0.39, 0.29) is 11.8 Å². The second kappa shape index (κ2) is 6.93. The van der Waals surface area contributed by atoms with Crippen LogP contribution in [-0.2, 0) is 11.2 Å². The Hall–Kier alpha value is -2.56. The Morgan fingerprint density at radius 2 is 2.14 bits per heavy atom. The number of nitrogens with one attached hydrogen (secondary N) is 2. The highest BCUT2D eigenvalue weighted by molar-refractivity contribution is 5.79. The first-order chi connectivity index (χ1) is 10.8. The fraction of sp³-hybridized carbons (Fsp3) is 0.294. The number of fused-ring (bicyclic) bond motifs is 1. The van der Waals surface area contributed by atoms with Gasteiger partial charge in [0.1, 0.15) is 12.4 Å². The molecule has 0 bridgehead atoms. The van der Waals surface area contributed by atoms with Gasteiger partial charge in [0, 0.05) is 25.5 Å². The maximum absolute atomic E-state index is 12.2. The molecule has 5 heteroatoms. The molecule has 1 atom stereocenters. The molecule has 0 radical (unpaired) electrons. The lowest BCUT2D eigenvalue weighted by molar-refractivity contribution is -0.126. The molecule has 1 aromatic heterocycles. The van der Waals surface area contributed by atoms with E-state index < -0.39 is 0 Å². The summed E-state index contributed by atoms with van der Waals surface area (Å²) in [6, 6.07) is 11.7. The first-order valence-electron chi connectivity index (χ1n) is 7.45. The van der Waals surface area contributed by atoms with Gasteiger partial charge in [-0.25, -0.2) is 0 Å².